The zero-order chi connectivity index (χ0) is 18.0. The molecule has 0 amide bonds. The van der Waals surface area contributed by atoms with Crippen molar-refractivity contribution in [1.82, 2.24) is 9.55 Å². The van der Waals surface area contributed by atoms with Crippen LogP contribution in [0.1, 0.15) is 5.56 Å². The lowest BCUT2D eigenvalue weighted by molar-refractivity contribution is -0.858. The van der Waals surface area contributed by atoms with Crippen LogP contribution in [0.2, 0.25) is 0 Å². The molecule has 1 aromatic carbocycles. The van der Waals surface area contributed by atoms with Crippen LogP contribution in [0.25, 0.3) is 21.8 Å². The monoisotopic (exact) mass is 336 g/mol. The van der Waals surface area contributed by atoms with E-state index in [9.17, 15) is 5.26 Å². The van der Waals surface area contributed by atoms with Crippen LogP contribution >= 0.6 is 0 Å². The van der Waals surface area contributed by atoms with Crippen LogP contribution in [0, 0.1) is 11.3 Å². The highest BCUT2D eigenvalue weighted by molar-refractivity contribution is 6.10. The van der Waals surface area contributed by atoms with Crippen LogP contribution < -0.4 is 10.2 Å². The molecule has 2 heterocycles. The van der Waals surface area contributed by atoms with E-state index in [1.807, 2.05) is 37.0 Å². The van der Waals surface area contributed by atoms with Crippen molar-refractivity contribution in [3.63, 3.8) is 0 Å². The SMILES string of the molecule is C[N+](C)=CNc1ncc2c3ccccc3n(CC[NH+](C)C)c2c1C#N. The van der Waals surface area contributed by atoms with Crippen molar-refractivity contribution in [3.05, 3.63) is 36.0 Å². The molecule has 0 saturated heterocycles. The minimum Gasteiger partial charge on any atom is -0.338 e. The lowest BCUT2D eigenvalue weighted by atomic mass is 10.1. The van der Waals surface area contributed by atoms with Crippen LogP contribution in [0.15, 0.2) is 30.5 Å². The van der Waals surface area contributed by atoms with Crippen molar-refractivity contribution in [2.24, 2.45) is 0 Å². The molecule has 0 saturated carbocycles. The van der Waals surface area contributed by atoms with Gasteiger partial charge in [-0.2, -0.15) is 5.26 Å². The number of nitrogens with zero attached hydrogens (tertiary/aromatic N) is 4. The van der Waals surface area contributed by atoms with Gasteiger partial charge in [0.2, 0.25) is 12.2 Å². The lowest BCUT2D eigenvalue weighted by Gasteiger charge is -2.11. The van der Waals surface area contributed by atoms with E-state index >= 15 is 0 Å². The molecule has 6 heteroatoms. The maximum Gasteiger partial charge on any atom is 0.238 e. The Hall–Kier alpha value is -2.91. The molecule has 0 aliphatic rings. The Balaban J connectivity index is 2.29. The number of quaternary nitrogens is 1. The fourth-order valence-electron chi connectivity index (χ4n) is 3.01. The zero-order valence-corrected chi connectivity index (χ0v) is 15.2. The summed E-state index contributed by atoms with van der Waals surface area (Å²) in [6.07, 6.45) is 3.66. The average Bonchev–Trinajstić information content (AvgIpc) is 2.91. The van der Waals surface area contributed by atoms with Crippen molar-refractivity contribution in [2.75, 3.05) is 40.1 Å². The van der Waals surface area contributed by atoms with Crippen LogP contribution in [0.4, 0.5) is 5.82 Å². The first-order chi connectivity index (χ1) is 12.0. The van der Waals surface area contributed by atoms with E-state index in [1.54, 1.807) is 6.34 Å². The Bertz CT molecular complexity index is 986. The molecule has 0 unspecified atom stereocenters. The van der Waals surface area contributed by atoms with Gasteiger partial charge in [0.15, 0.2) is 0 Å². The molecule has 0 aliphatic carbocycles. The molecule has 6 nitrogen and oxygen atoms in total. The maximum atomic E-state index is 9.83. The average molecular weight is 336 g/mol. The van der Waals surface area contributed by atoms with Crippen molar-refractivity contribution in [1.29, 1.82) is 5.26 Å². The number of nitriles is 1. The Morgan fingerprint density at radius 2 is 2.04 bits per heavy atom. The summed E-state index contributed by atoms with van der Waals surface area (Å²) in [5, 5.41) is 15.1. The van der Waals surface area contributed by atoms with Crippen LogP contribution in [0.5, 0.6) is 0 Å². The first kappa shape index (κ1) is 16.9. The second kappa shape index (κ2) is 6.91. The first-order valence-electron chi connectivity index (χ1n) is 8.38. The number of anilines is 1. The third-order valence-corrected chi connectivity index (χ3v) is 4.21. The summed E-state index contributed by atoms with van der Waals surface area (Å²) in [7, 11) is 8.13. The third kappa shape index (κ3) is 3.19. The number of hydrogen-bond acceptors (Lipinski definition) is 2. The van der Waals surface area contributed by atoms with Gasteiger partial charge in [-0.05, 0) is 6.07 Å². The summed E-state index contributed by atoms with van der Waals surface area (Å²) in [5.74, 6) is 0.588. The highest BCUT2D eigenvalue weighted by atomic mass is 15.1. The van der Waals surface area contributed by atoms with Gasteiger partial charge >= 0.3 is 0 Å². The van der Waals surface area contributed by atoms with Gasteiger partial charge in [-0.1, -0.05) is 18.2 Å². The number of pyridine rings is 1. The molecule has 0 aliphatic heterocycles. The Morgan fingerprint density at radius 1 is 1.28 bits per heavy atom. The minimum absolute atomic E-state index is 0.584. The second-order valence-corrected chi connectivity index (χ2v) is 6.72. The Kier molecular flexibility index (Phi) is 4.68. The highest BCUT2D eigenvalue weighted by Gasteiger charge is 2.19. The first-order valence-corrected chi connectivity index (χ1v) is 8.38. The van der Waals surface area contributed by atoms with E-state index in [0.717, 1.165) is 34.9 Å². The molecule has 0 bridgehead atoms. The predicted molar refractivity (Wildman–Crippen MR) is 101 cm³/mol. The normalized spacial score (nSPS) is 11.0. The lowest BCUT2D eigenvalue weighted by Crippen LogP contribution is -3.06. The molecule has 2 aromatic heterocycles. The predicted octanol–water partition coefficient (Wildman–Crippen LogP) is 0.918. The number of hydrogen-bond donors (Lipinski definition) is 2. The van der Waals surface area contributed by atoms with Crippen molar-refractivity contribution < 1.29 is 9.48 Å². The molecule has 25 heavy (non-hydrogen) atoms. The Labute approximate surface area is 147 Å². The fraction of sp³-hybridized carbons (Fsp3) is 0.316. The van der Waals surface area contributed by atoms with Gasteiger partial charge in [-0.25, -0.2) is 10.3 Å². The number of fused-ring (bicyclic) bond motifs is 3. The van der Waals surface area contributed by atoms with E-state index in [2.05, 4.69) is 47.2 Å². The molecule has 0 fully saturated rings. The van der Waals surface area contributed by atoms with Gasteiger partial charge in [0.25, 0.3) is 0 Å². The van der Waals surface area contributed by atoms with Gasteiger partial charge < -0.3 is 9.47 Å². The molecule has 0 radical (unpaired) electrons. The molecular formula is C19H24N6+2. The van der Waals surface area contributed by atoms with Gasteiger partial charge in [-0.3, -0.25) is 4.58 Å². The van der Waals surface area contributed by atoms with Gasteiger partial charge in [0.05, 0.1) is 46.8 Å². The number of benzene rings is 1. The van der Waals surface area contributed by atoms with Crippen molar-refractivity contribution >= 4 is 34.0 Å². The topological polar surface area (TPSA) is 61.1 Å². The number of nitrogens with one attached hydrogen (secondary N) is 2. The maximum absolute atomic E-state index is 9.83. The van der Waals surface area contributed by atoms with Crippen molar-refractivity contribution in [3.8, 4) is 6.07 Å². The summed E-state index contributed by atoms with van der Waals surface area (Å²) in [4.78, 5) is 5.87. The second-order valence-electron chi connectivity index (χ2n) is 6.72. The van der Waals surface area contributed by atoms with Gasteiger partial charge in [0, 0.05) is 22.5 Å². The number of para-hydroxylation sites is 1. The van der Waals surface area contributed by atoms with E-state index in [-0.39, 0.29) is 0 Å². The smallest absolute Gasteiger partial charge is 0.238 e. The third-order valence-electron chi connectivity index (χ3n) is 4.21. The summed E-state index contributed by atoms with van der Waals surface area (Å²) in [6.45, 7) is 1.83. The minimum atomic E-state index is 0.584. The quantitative estimate of drug-likeness (QED) is 0.414. The summed E-state index contributed by atoms with van der Waals surface area (Å²) < 4.78 is 4.14. The van der Waals surface area contributed by atoms with E-state index in [1.165, 1.54) is 4.90 Å². The standard InChI is InChI=1S/C19H22N6/c1-23(2)9-10-25-17-8-6-5-7-14(17)16-12-21-19(22-13-24(3)4)15(11-20)18(16)25/h5-8,12-13H,9-10H2,1-4H3/p+2. The van der Waals surface area contributed by atoms with Gasteiger partial charge in [-0.15, -0.1) is 0 Å². The number of likely N-dealkylation sites (N-methyl/N-ethyl adjacent to an activating group) is 1. The Morgan fingerprint density at radius 3 is 2.72 bits per heavy atom. The van der Waals surface area contributed by atoms with E-state index < -0.39 is 0 Å². The molecule has 0 atom stereocenters. The van der Waals surface area contributed by atoms with Gasteiger partial charge in [0.1, 0.15) is 11.6 Å². The van der Waals surface area contributed by atoms with Crippen molar-refractivity contribution in [2.45, 2.75) is 6.54 Å². The van der Waals surface area contributed by atoms with E-state index in [4.69, 9.17) is 0 Å². The molecule has 3 rings (SSSR count). The molecular weight excluding hydrogens is 312 g/mol. The number of rotatable bonds is 5. The van der Waals surface area contributed by atoms with Crippen LogP contribution in [0.3, 0.4) is 0 Å². The van der Waals surface area contributed by atoms with Crippen LogP contribution in [-0.4, -0.2) is 55.2 Å². The number of aromatic nitrogens is 2. The van der Waals surface area contributed by atoms with Crippen LogP contribution in [-0.2, 0) is 6.54 Å². The highest BCUT2D eigenvalue weighted by Crippen LogP contribution is 2.32. The summed E-state index contributed by atoms with van der Waals surface area (Å²) in [6, 6.07) is 10.6. The fourth-order valence-corrected chi connectivity index (χ4v) is 3.01. The van der Waals surface area contributed by atoms with E-state index in [0.29, 0.717) is 11.4 Å². The largest absolute Gasteiger partial charge is 0.338 e. The zero-order valence-electron chi connectivity index (χ0n) is 15.2. The summed E-state index contributed by atoms with van der Waals surface area (Å²) in [5.41, 5.74) is 2.68. The molecule has 2 N–H and O–H groups in total. The molecule has 128 valence electrons. The molecule has 3 aromatic rings. The summed E-state index contributed by atoms with van der Waals surface area (Å²) >= 11 is 0. The molecule has 0 spiro atoms.